The molecule has 0 radical (unpaired) electrons. The molecule has 2 aromatic heterocycles. The summed E-state index contributed by atoms with van der Waals surface area (Å²) in [5.74, 6) is 0. The van der Waals surface area contributed by atoms with Crippen LogP contribution in [0.25, 0.3) is 84.1 Å². The standard InChI is InChI=1S/C39H21BS2/c1-20-16-25-37-33-21(18-31-35(37)23-10-2-4-14-29(23)41-31)8-6-12-27(33)40-28-13-7-9-22-19-32-36(24-11-3-5-15-30(24)42-32)38(34(22)28)26(17-20)39(25)40/h2-19H,1H3. The van der Waals surface area contributed by atoms with Gasteiger partial charge < -0.3 is 0 Å². The van der Waals surface area contributed by atoms with E-state index in [4.69, 9.17) is 0 Å². The van der Waals surface area contributed by atoms with E-state index in [0.717, 1.165) is 0 Å². The van der Waals surface area contributed by atoms with E-state index in [0.29, 0.717) is 0 Å². The molecule has 0 atom stereocenters. The van der Waals surface area contributed by atoms with Gasteiger partial charge in [-0.2, -0.15) is 0 Å². The van der Waals surface area contributed by atoms with Crippen LogP contribution in [0.5, 0.6) is 0 Å². The van der Waals surface area contributed by atoms with Gasteiger partial charge in [0.1, 0.15) is 0 Å². The minimum absolute atomic E-state index is 0.215. The molecule has 2 aliphatic heterocycles. The van der Waals surface area contributed by atoms with Crippen LogP contribution in [0, 0.1) is 6.92 Å². The lowest BCUT2D eigenvalue weighted by Gasteiger charge is -2.35. The summed E-state index contributed by atoms with van der Waals surface area (Å²) in [5.41, 5.74) is 11.4. The van der Waals surface area contributed by atoms with Crippen molar-refractivity contribution in [3.05, 3.63) is 115 Å². The summed E-state index contributed by atoms with van der Waals surface area (Å²) in [6.07, 6.45) is 0. The highest BCUT2D eigenvalue weighted by atomic mass is 32.1. The molecule has 2 aliphatic rings. The molecule has 9 aromatic rings. The lowest BCUT2D eigenvalue weighted by molar-refractivity contribution is 1.48. The number of benzene rings is 7. The maximum Gasteiger partial charge on any atom is 0.244 e. The highest BCUT2D eigenvalue weighted by molar-refractivity contribution is 7.26. The third-order valence-electron chi connectivity index (χ3n) is 9.85. The molecule has 0 saturated carbocycles. The van der Waals surface area contributed by atoms with E-state index in [9.17, 15) is 0 Å². The van der Waals surface area contributed by atoms with Crippen LogP contribution in [0.15, 0.2) is 109 Å². The van der Waals surface area contributed by atoms with Crippen molar-refractivity contribution < 1.29 is 0 Å². The van der Waals surface area contributed by atoms with Crippen molar-refractivity contribution in [2.75, 3.05) is 0 Å². The van der Waals surface area contributed by atoms with Gasteiger partial charge in [0, 0.05) is 40.3 Å². The Bertz CT molecular complexity index is 2520. The Balaban J connectivity index is 1.43. The monoisotopic (exact) mass is 564 g/mol. The van der Waals surface area contributed by atoms with Gasteiger partial charge >= 0.3 is 0 Å². The molecule has 0 spiro atoms. The second-order valence-corrected chi connectivity index (χ2v) is 14.2. The lowest BCUT2D eigenvalue weighted by Crippen LogP contribution is -2.57. The molecule has 42 heavy (non-hydrogen) atoms. The maximum absolute atomic E-state index is 2.49. The number of hydrogen-bond acceptors (Lipinski definition) is 2. The number of thiophene rings is 2. The van der Waals surface area contributed by atoms with Crippen LogP contribution in [0.1, 0.15) is 5.56 Å². The molecule has 0 bridgehead atoms. The topological polar surface area (TPSA) is 0 Å². The Labute approximate surface area is 250 Å². The first-order chi connectivity index (χ1) is 20.7. The van der Waals surface area contributed by atoms with Gasteiger partial charge in [0.15, 0.2) is 0 Å². The Morgan fingerprint density at radius 3 is 1.50 bits per heavy atom. The summed E-state index contributed by atoms with van der Waals surface area (Å²) in [5, 5.41) is 11.2. The van der Waals surface area contributed by atoms with E-state index >= 15 is 0 Å². The predicted octanol–water partition coefficient (Wildman–Crippen LogP) is 9.51. The molecule has 3 heteroatoms. The van der Waals surface area contributed by atoms with Crippen molar-refractivity contribution in [1.29, 1.82) is 0 Å². The van der Waals surface area contributed by atoms with Crippen LogP contribution >= 0.6 is 22.7 Å². The van der Waals surface area contributed by atoms with Gasteiger partial charge in [0.05, 0.1) is 0 Å². The van der Waals surface area contributed by atoms with Gasteiger partial charge in [-0.25, -0.2) is 0 Å². The fourth-order valence-electron chi connectivity index (χ4n) is 8.40. The second kappa shape index (κ2) is 7.49. The summed E-state index contributed by atoms with van der Waals surface area (Å²) in [4.78, 5) is 0. The zero-order chi connectivity index (χ0) is 27.3. The molecule has 0 saturated heterocycles. The van der Waals surface area contributed by atoms with Gasteiger partial charge in [-0.3, -0.25) is 0 Å². The second-order valence-electron chi connectivity index (χ2n) is 12.0. The van der Waals surface area contributed by atoms with E-state index < -0.39 is 0 Å². The van der Waals surface area contributed by atoms with E-state index in [1.165, 1.54) is 106 Å². The molecular formula is C39H21BS2. The van der Waals surface area contributed by atoms with Crippen LogP contribution in [0.3, 0.4) is 0 Å². The molecule has 0 amide bonds. The van der Waals surface area contributed by atoms with Gasteiger partial charge in [-0.1, -0.05) is 101 Å². The lowest BCUT2D eigenvalue weighted by atomic mass is 9.31. The molecule has 0 nitrogen and oxygen atoms in total. The fraction of sp³-hybridized carbons (Fsp3) is 0.0256. The Morgan fingerprint density at radius 2 is 0.976 bits per heavy atom. The number of fused-ring (bicyclic) bond motifs is 12. The van der Waals surface area contributed by atoms with Crippen LogP contribution < -0.4 is 16.4 Å². The Kier molecular flexibility index (Phi) is 3.96. The van der Waals surface area contributed by atoms with Crippen LogP contribution in [-0.2, 0) is 0 Å². The fourth-order valence-corrected chi connectivity index (χ4v) is 10.7. The molecule has 0 unspecified atom stereocenters. The van der Waals surface area contributed by atoms with Gasteiger partial charge in [-0.15, -0.1) is 22.7 Å². The molecule has 7 aromatic carbocycles. The molecule has 192 valence electrons. The highest BCUT2D eigenvalue weighted by Crippen LogP contribution is 2.49. The summed E-state index contributed by atoms with van der Waals surface area (Å²) in [6, 6.07) is 41.9. The molecule has 11 rings (SSSR count). The summed E-state index contributed by atoms with van der Waals surface area (Å²) in [6.45, 7) is 2.51. The Morgan fingerprint density at radius 1 is 0.476 bits per heavy atom. The molecule has 0 fully saturated rings. The van der Waals surface area contributed by atoms with E-state index in [-0.39, 0.29) is 6.71 Å². The van der Waals surface area contributed by atoms with Crippen molar-refractivity contribution in [3.8, 4) is 22.3 Å². The number of rotatable bonds is 0. The first-order valence-corrected chi connectivity index (χ1v) is 16.3. The van der Waals surface area contributed by atoms with Crippen molar-refractivity contribution in [2.45, 2.75) is 6.92 Å². The van der Waals surface area contributed by atoms with Crippen molar-refractivity contribution in [3.63, 3.8) is 0 Å². The average molecular weight is 565 g/mol. The number of aryl methyl sites for hydroxylation is 1. The largest absolute Gasteiger partial charge is 0.244 e. The van der Waals surface area contributed by atoms with Gasteiger partial charge in [0.2, 0.25) is 6.71 Å². The van der Waals surface area contributed by atoms with Crippen LogP contribution in [-0.4, -0.2) is 6.71 Å². The average Bonchev–Trinajstić information content (AvgIpc) is 3.57. The molecule has 4 heterocycles. The summed E-state index contributed by atoms with van der Waals surface area (Å²) in [7, 11) is 0. The van der Waals surface area contributed by atoms with Gasteiger partial charge in [0.25, 0.3) is 0 Å². The van der Waals surface area contributed by atoms with Gasteiger partial charge in [-0.05, 0) is 80.6 Å². The minimum atomic E-state index is 0.215. The zero-order valence-electron chi connectivity index (χ0n) is 22.8. The number of hydrogen-bond donors (Lipinski definition) is 0. The Hall–Kier alpha value is -4.44. The molecule has 0 N–H and O–H groups in total. The van der Waals surface area contributed by atoms with E-state index in [2.05, 4.69) is 116 Å². The summed E-state index contributed by atoms with van der Waals surface area (Å²) < 4.78 is 5.50. The van der Waals surface area contributed by atoms with Crippen LogP contribution in [0.2, 0.25) is 0 Å². The normalized spacial score (nSPS) is 13.3. The van der Waals surface area contributed by atoms with E-state index in [1.54, 1.807) is 0 Å². The smallest absolute Gasteiger partial charge is 0.135 e. The third-order valence-corrected chi connectivity index (χ3v) is 12.1. The van der Waals surface area contributed by atoms with E-state index in [1.807, 2.05) is 22.7 Å². The first-order valence-electron chi connectivity index (χ1n) is 14.6. The van der Waals surface area contributed by atoms with Crippen molar-refractivity contribution in [2.24, 2.45) is 0 Å². The zero-order valence-corrected chi connectivity index (χ0v) is 24.4. The SMILES string of the molecule is Cc1cc2c3c(c1)-c1c4c(cccc4cc4sc5ccccc5c14)B3c1cccc3cc4sc5ccccc5c4c-2c13. The summed E-state index contributed by atoms with van der Waals surface area (Å²) >= 11 is 3.86. The third kappa shape index (κ3) is 2.53. The quantitative estimate of drug-likeness (QED) is 0.161. The minimum Gasteiger partial charge on any atom is -0.135 e. The maximum atomic E-state index is 2.49. The van der Waals surface area contributed by atoms with Crippen molar-refractivity contribution in [1.82, 2.24) is 0 Å². The first kappa shape index (κ1) is 22.2. The molecule has 0 aliphatic carbocycles. The predicted molar refractivity (Wildman–Crippen MR) is 187 cm³/mol. The van der Waals surface area contributed by atoms with Crippen LogP contribution in [0.4, 0.5) is 0 Å². The molecular weight excluding hydrogens is 543 g/mol. The highest BCUT2D eigenvalue weighted by Gasteiger charge is 2.40. The van der Waals surface area contributed by atoms with Crippen molar-refractivity contribution >= 4 is 108 Å².